The standard InChI is InChI=1S/C22H19N7O/c23-20-19(27-16-10-11-24-21(16)28-20)22(30)25-12-18-26-15-8-4-5-9-17(15)29(18)13-14-6-2-1-3-7-14/h1-11H,12-13H2,(H,25,30)(H3,23,24,28). The number of imidazole rings is 1. The molecule has 0 aliphatic carbocycles. The molecule has 8 nitrogen and oxygen atoms in total. The maximum Gasteiger partial charge on any atom is 0.274 e. The van der Waals surface area contributed by atoms with Crippen LogP contribution in [0.3, 0.4) is 0 Å². The Morgan fingerprint density at radius 2 is 1.77 bits per heavy atom. The van der Waals surface area contributed by atoms with E-state index in [1.807, 2.05) is 42.5 Å². The highest BCUT2D eigenvalue weighted by atomic mass is 16.1. The molecule has 4 N–H and O–H groups in total. The van der Waals surface area contributed by atoms with Gasteiger partial charge in [-0.1, -0.05) is 42.5 Å². The van der Waals surface area contributed by atoms with E-state index in [0.29, 0.717) is 17.7 Å². The van der Waals surface area contributed by atoms with Gasteiger partial charge in [0.2, 0.25) is 0 Å². The second-order valence-corrected chi connectivity index (χ2v) is 6.94. The van der Waals surface area contributed by atoms with Crippen molar-refractivity contribution in [2.45, 2.75) is 13.1 Å². The number of carbonyl (C=O) groups excluding carboxylic acids is 1. The van der Waals surface area contributed by atoms with Crippen LogP contribution < -0.4 is 11.1 Å². The van der Waals surface area contributed by atoms with Crippen LogP contribution in [0.25, 0.3) is 22.2 Å². The zero-order chi connectivity index (χ0) is 20.5. The van der Waals surface area contributed by atoms with E-state index >= 15 is 0 Å². The van der Waals surface area contributed by atoms with Gasteiger partial charge in [-0.05, 0) is 23.8 Å². The molecule has 30 heavy (non-hydrogen) atoms. The van der Waals surface area contributed by atoms with Gasteiger partial charge in [0.15, 0.2) is 17.2 Å². The third-order valence-electron chi connectivity index (χ3n) is 4.95. The van der Waals surface area contributed by atoms with Gasteiger partial charge in [0.25, 0.3) is 5.91 Å². The molecule has 1 amide bonds. The Kier molecular flexibility index (Phi) is 4.36. The summed E-state index contributed by atoms with van der Waals surface area (Å²) in [4.78, 5) is 28.9. The van der Waals surface area contributed by atoms with E-state index in [-0.39, 0.29) is 24.0 Å². The number of nitrogens with one attached hydrogen (secondary N) is 2. The summed E-state index contributed by atoms with van der Waals surface area (Å²) in [5.41, 5.74) is 10.2. The number of nitrogen functional groups attached to an aromatic ring is 1. The summed E-state index contributed by atoms with van der Waals surface area (Å²) in [5.74, 6) is 0.448. The molecule has 0 unspecified atom stereocenters. The van der Waals surface area contributed by atoms with Gasteiger partial charge < -0.3 is 20.6 Å². The molecule has 0 fully saturated rings. The number of H-pyrrole nitrogens is 1. The van der Waals surface area contributed by atoms with E-state index in [9.17, 15) is 4.79 Å². The lowest BCUT2D eigenvalue weighted by Gasteiger charge is -2.11. The zero-order valence-electron chi connectivity index (χ0n) is 16.0. The molecular formula is C22H19N7O. The number of nitrogens with zero attached hydrogens (tertiary/aromatic N) is 4. The minimum atomic E-state index is -0.388. The monoisotopic (exact) mass is 397 g/mol. The van der Waals surface area contributed by atoms with Crippen molar-refractivity contribution >= 4 is 33.9 Å². The van der Waals surface area contributed by atoms with E-state index < -0.39 is 0 Å². The van der Waals surface area contributed by atoms with Crippen molar-refractivity contribution in [1.29, 1.82) is 0 Å². The largest absolute Gasteiger partial charge is 0.382 e. The summed E-state index contributed by atoms with van der Waals surface area (Å²) < 4.78 is 2.11. The van der Waals surface area contributed by atoms with Crippen molar-refractivity contribution in [3.63, 3.8) is 0 Å². The van der Waals surface area contributed by atoms with Crippen LogP contribution in [0.5, 0.6) is 0 Å². The van der Waals surface area contributed by atoms with Gasteiger partial charge in [-0.3, -0.25) is 4.79 Å². The first-order valence-corrected chi connectivity index (χ1v) is 9.56. The normalized spacial score (nSPS) is 11.2. The van der Waals surface area contributed by atoms with Crippen molar-refractivity contribution in [2.24, 2.45) is 0 Å². The van der Waals surface area contributed by atoms with E-state index in [4.69, 9.17) is 10.7 Å². The fourth-order valence-corrected chi connectivity index (χ4v) is 3.50. The molecule has 3 aromatic heterocycles. The highest BCUT2D eigenvalue weighted by Crippen LogP contribution is 2.19. The van der Waals surface area contributed by atoms with Crippen molar-refractivity contribution in [3.8, 4) is 0 Å². The number of nitrogens with two attached hydrogens (primary N) is 1. The van der Waals surface area contributed by atoms with Gasteiger partial charge in [-0.15, -0.1) is 0 Å². The summed E-state index contributed by atoms with van der Waals surface area (Å²) >= 11 is 0. The number of rotatable bonds is 5. The number of fused-ring (bicyclic) bond motifs is 2. The maximum absolute atomic E-state index is 12.7. The SMILES string of the molecule is Nc1nc2[nH]ccc2nc1C(=O)NCc1nc2ccccc2n1Cc1ccccc1. The van der Waals surface area contributed by atoms with Crippen LogP contribution in [0.1, 0.15) is 21.9 Å². The third-order valence-corrected chi connectivity index (χ3v) is 4.95. The number of hydrogen-bond donors (Lipinski definition) is 3. The van der Waals surface area contributed by atoms with Crippen LogP contribution in [0.4, 0.5) is 5.82 Å². The molecule has 5 aromatic rings. The lowest BCUT2D eigenvalue weighted by Crippen LogP contribution is -2.27. The second-order valence-electron chi connectivity index (χ2n) is 6.94. The molecule has 3 heterocycles. The fraction of sp³-hybridized carbons (Fsp3) is 0.0909. The highest BCUT2D eigenvalue weighted by Gasteiger charge is 2.17. The predicted octanol–water partition coefficient (Wildman–Crippen LogP) is 2.87. The smallest absolute Gasteiger partial charge is 0.274 e. The van der Waals surface area contributed by atoms with Crippen molar-refractivity contribution in [3.05, 3.63) is 83.9 Å². The molecule has 0 saturated carbocycles. The summed E-state index contributed by atoms with van der Waals surface area (Å²) in [7, 11) is 0. The number of anilines is 1. The van der Waals surface area contributed by atoms with Gasteiger partial charge in [-0.2, -0.15) is 0 Å². The number of amides is 1. The first-order valence-electron chi connectivity index (χ1n) is 9.56. The number of aromatic amines is 1. The third kappa shape index (κ3) is 3.24. The number of benzene rings is 2. The first kappa shape index (κ1) is 17.9. The number of carbonyl (C=O) groups is 1. The summed E-state index contributed by atoms with van der Waals surface area (Å²) in [6.45, 7) is 0.899. The van der Waals surface area contributed by atoms with Gasteiger partial charge in [0.05, 0.1) is 17.6 Å². The molecule has 0 spiro atoms. The van der Waals surface area contributed by atoms with Gasteiger partial charge in [0.1, 0.15) is 11.3 Å². The van der Waals surface area contributed by atoms with Gasteiger partial charge >= 0.3 is 0 Å². The second kappa shape index (κ2) is 7.32. The first-order chi connectivity index (χ1) is 14.7. The number of aromatic nitrogens is 5. The average molecular weight is 397 g/mol. The van der Waals surface area contributed by atoms with Crippen LogP contribution >= 0.6 is 0 Å². The van der Waals surface area contributed by atoms with Crippen molar-refractivity contribution in [2.75, 3.05) is 5.73 Å². The minimum absolute atomic E-state index is 0.0836. The molecular weight excluding hydrogens is 378 g/mol. The molecule has 0 aliphatic heterocycles. The minimum Gasteiger partial charge on any atom is -0.382 e. The summed E-state index contributed by atoms with van der Waals surface area (Å²) in [6.07, 6.45) is 1.71. The van der Waals surface area contributed by atoms with Crippen LogP contribution in [0.2, 0.25) is 0 Å². The van der Waals surface area contributed by atoms with E-state index in [2.05, 4.69) is 37.0 Å². The number of hydrogen-bond acceptors (Lipinski definition) is 5. The Bertz CT molecular complexity index is 1350. The molecule has 0 saturated heterocycles. The van der Waals surface area contributed by atoms with Gasteiger partial charge in [0, 0.05) is 12.7 Å². The fourth-order valence-electron chi connectivity index (χ4n) is 3.50. The Morgan fingerprint density at radius 3 is 2.63 bits per heavy atom. The van der Waals surface area contributed by atoms with E-state index in [1.165, 1.54) is 0 Å². The zero-order valence-corrected chi connectivity index (χ0v) is 16.0. The molecule has 0 radical (unpaired) electrons. The lowest BCUT2D eigenvalue weighted by atomic mass is 10.2. The summed E-state index contributed by atoms with van der Waals surface area (Å²) in [6, 6.07) is 19.8. The summed E-state index contributed by atoms with van der Waals surface area (Å²) in [5, 5.41) is 2.89. The van der Waals surface area contributed by atoms with Crippen molar-refractivity contribution < 1.29 is 4.79 Å². The molecule has 0 aliphatic rings. The quantitative estimate of drug-likeness (QED) is 0.422. The molecule has 0 bridgehead atoms. The molecule has 8 heteroatoms. The number of para-hydroxylation sites is 2. The lowest BCUT2D eigenvalue weighted by molar-refractivity contribution is 0.0945. The van der Waals surface area contributed by atoms with Crippen LogP contribution in [-0.2, 0) is 13.1 Å². The van der Waals surface area contributed by atoms with Crippen molar-refractivity contribution in [1.82, 2.24) is 29.8 Å². The average Bonchev–Trinajstić information content (AvgIpc) is 3.36. The van der Waals surface area contributed by atoms with Crippen LogP contribution in [0, 0.1) is 0 Å². The molecule has 2 aromatic carbocycles. The Morgan fingerprint density at radius 1 is 0.967 bits per heavy atom. The Balaban J connectivity index is 1.44. The molecule has 0 atom stereocenters. The Hall–Kier alpha value is -4.20. The van der Waals surface area contributed by atoms with Gasteiger partial charge in [-0.25, -0.2) is 15.0 Å². The molecule has 5 rings (SSSR count). The topological polar surface area (TPSA) is 115 Å². The Labute approximate surface area is 171 Å². The maximum atomic E-state index is 12.7. The van der Waals surface area contributed by atoms with E-state index in [0.717, 1.165) is 22.4 Å². The predicted molar refractivity (Wildman–Crippen MR) is 115 cm³/mol. The van der Waals surface area contributed by atoms with Crippen LogP contribution in [-0.4, -0.2) is 30.4 Å². The van der Waals surface area contributed by atoms with E-state index in [1.54, 1.807) is 12.3 Å². The van der Waals surface area contributed by atoms with Crippen LogP contribution in [0.15, 0.2) is 66.9 Å². The molecule has 148 valence electrons. The highest BCUT2D eigenvalue weighted by molar-refractivity contribution is 5.98.